The number of nitro groups is 1. The summed E-state index contributed by atoms with van der Waals surface area (Å²) < 4.78 is 5.24. The number of hydrogen-bond donors (Lipinski definition) is 0. The molecule has 1 heterocycles. The van der Waals surface area contributed by atoms with Crippen molar-refractivity contribution >= 4 is 17.3 Å². The first-order valence-electron chi connectivity index (χ1n) is 4.73. The number of halogens is 1. The summed E-state index contributed by atoms with van der Waals surface area (Å²) >= 11 is 5.62. The number of hydrogen-bond acceptors (Lipinski definition) is 5. The first-order valence-corrected chi connectivity index (χ1v) is 5.11. The lowest BCUT2D eigenvalue weighted by Crippen LogP contribution is -2.09. The third-order valence-corrected chi connectivity index (χ3v) is 1.90. The molecule has 0 saturated carbocycles. The Balaban J connectivity index is 3.09. The molecular formula is C9H12ClN3O3. The van der Waals surface area contributed by atoms with Crippen LogP contribution in [0.2, 0.25) is 5.28 Å². The zero-order chi connectivity index (χ0) is 12.3. The summed E-state index contributed by atoms with van der Waals surface area (Å²) in [5.74, 6) is 0.171. The molecule has 6 nitrogen and oxygen atoms in total. The zero-order valence-corrected chi connectivity index (χ0v) is 9.98. The monoisotopic (exact) mass is 245 g/mol. The highest BCUT2D eigenvalue weighted by molar-refractivity contribution is 6.28. The van der Waals surface area contributed by atoms with Gasteiger partial charge in [0.2, 0.25) is 5.28 Å². The number of nitrogens with zero attached hydrogens (tertiary/aromatic N) is 3. The van der Waals surface area contributed by atoms with Gasteiger partial charge in [-0.25, -0.2) is 4.98 Å². The molecule has 1 rings (SSSR count). The molecule has 0 aromatic carbocycles. The SMILES string of the molecule is Cc1nc(Cl)nc(OCC(C)C)c1[N+](=O)[O-]. The van der Waals surface area contributed by atoms with Crippen molar-refractivity contribution in [1.29, 1.82) is 0 Å². The van der Waals surface area contributed by atoms with Crippen LogP contribution in [0.25, 0.3) is 0 Å². The van der Waals surface area contributed by atoms with Crippen LogP contribution < -0.4 is 4.74 Å². The van der Waals surface area contributed by atoms with E-state index >= 15 is 0 Å². The molecule has 0 amide bonds. The fraction of sp³-hybridized carbons (Fsp3) is 0.556. The second-order valence-electron chi connectivity index (χ2n) is 3.69. The van der Waals surface area contributed by atoms with E-state index in [0.717, 1.165) is 0 Å². The molecule has 0 spiro atoms. The van der Waals surface area contributed by atoms with Crippen LogP contribution in [0.15, 0.2) is 0 Å². The number of aryl methyl sites for hydroxylation is 1. The molecule has 0 saturated heterocycles. The van der Waals surface area contributed by atoms with E-state index in [0.29, 0.717) is 6.61 Å². The summed E-state index contributed by atoms with van der Waals surface area (Å²) in [7, 11) is 0. The Labute approximate surface area is 97.8 Å². The minimum Gasteiger partial charge on any atom is -0.472 e. The maximum Gasteiger partial charge on any atom is 0.352 e. The molecule has 0 radical (unpaired) electrons. The Hall–Kier alpha value is -1.43. The van der Waals surface area contributed by atoms with Crippen molar-refractivity contribution in [3.63, 3.8) is 0 Å². The van der Waals surface area contributed by atoms with Gasteiger partial charge in [0.05, 0.1) is 11.5 Å². The highest BCUT2D eigenvalue weighted by Crippen LogP contribution is 2.28. The Morgan fingerprint density at radius 2 is 2.12 bits per heavy atom. The van der Waals surface area contributed by atoms with Crippen molar-refractivity contribution in [2.24, 2.45) is 5.92 Å². The summed E-state index contributed by atoms with van der Waals surface area (Å²) in [6, 6.07) is 0. The lowest BCUT2D eigenvalue weighted by molar-refractivity contribution is -0.387. The van der Waals surface area contributed by atoms with Crippen molar-refractivity contribution in [3.8, 4) is 5.88 Å². The molecule has 0 bridgehead atoms. The van der Waals surface area contributed by atoms with Crippen LogP contribution in [0.3, 0.4) is 0 Å². The van der Waals surface area contributed by atoms with Crippen LogP contribution in [0.1, 0.15) is 19.5 Å². The van der Waals surface area contributed by atoms with Gasteiger partial charge in [0.1, 0.15) is 5.69 Å². The molecule has 88 valence electrons. The summed E-state index contributed by atoms with van der Waals surface area (Å²) in [4.78, 5) is 17.7. The average Bonchev–Trinajstić information content (AvgIpc) is 2.12. The van der Waals surface area contributed by atoms with Crippen molar-refractivity contribution in [2.45, 2.75) is 20.8 Å². The van der Waals surface area contributed by atoms with Gasteiger partial charge >= 0.3 is 5.69 Å². The molecular weight excluding hydrogens is 234 g/mol. The summed E-state index contributed by atoms with van der Waals surface area (Å²) in [5.41, 5.74) is -0.0335. The van der Waals surface area contributed by atoms with Gasteiger partial charge in [-0.05, 0) is 24.4 Å². The van der Waals surface area contributed by atoms with Crippen LogP contribution in [-0.4, -0.2) is 21.5 Å². The Kier molecular flexibility index (Phi) is 4.00. The topological polar surface area (TPSA) is 78.2 Å². The summed E-state index contributed by atoms with van der Waals surface area (Å²) in [6.45, 7) is 5.70. The maximum absolute atomic E-state index is 10.8. The predicted molar refractivity (Wildman–Crippen MR) is 58.8 cm³/mol. The van der Waals surface area contributed by atoms with Gasteiger partial charge in [-0.2, -0.15) is 4.98 Å². The quantitative estimate of drug-likeness (QED) is 0.462. The molecule has 1 aromatic heterocycles. The zero-order valence-electron chi connectivity index (χ0n) is 9.23. The first-order chi connectivity index (χ1) is 7.41. The minimum atomic E-state index is -0.568. The summed E-state index contributed by atoms with van der Waals surface area (Å²) in [6.07, 6.45) is 0. The molecule has 7 heteroatoms. The van der Waals surface area contributed by atoms with Crippen molar-refractivity contribution in [2.75, 3.05) is 6.61 Å². The third kappa shape index (κ3) is 3.03. The molecule has 0 aliphatic carbocycles. The normalized spacial score (nSPS) is 10.6. The van der Waals surface area contributed by atoms with Crippen LogP contribution >= 0.6 is 11.6 Å². The minimum absolute atomic E-state index is 0.0538. The molecule has 16 heavy (non-hydrogen) atoms. The van der Waals surface area contributed by atoms with E-state index in [9.17, 15) is 10.1 Å². The molecule has 0 unspecified atom stereocenters. The van der Waals surface area contributed by atoms with Gasteiger partial charge in [-0.3, -0.25) is 10.1 Å². The van der Waals surface area contributed by atoms with Gasteiger partial charge in [-0.1, -0.05) is 13.8 Å². The fourth-order valence-corrected chi connectivity index (χ4v) is 1.27. The van der Waals surface area contributed by atoms with E-state index in [1.807, 2.05) is 13.8 Å². The highest BCUT2D eigenvalue weighted by Gasteiger charge is 2.23. The smallest absolute Gasteiger partial charge is 0.352 e. The van der Waals surface area contributed by atoms with Gasteiger partial charge in [0.15, 0.2) is 0 Å². The molecule has 1 aromatic rings. The van der Waals surface area contributed by atoms with Gasteiger partial charge < -0.3 is 4.74 Å². The van der Waals surface area contributed by atoms with Gasteiger partial charge in [0.25, 0.3) is 5.88 Å². The lowest BCUT2D eigenvalue weighted by Gasteiger charge is -2.08. The van der Waals surface area contributed by atoms with Crippen molar-refractivity contribution in [3.05, 3.63) is 21.1 Å². The average molecular weight is 246 g/mol. The highest BCUT2D eigenvalue weighted by atomic mass is 35.5. The largest absolute Gasteiger partial charge is 0.472 e. The second kappa shape index (κ2) is 5.07. The van der Waals surface area contributed by atoms with E-state index in [-0.39, 0.29) is 28.5 Å². The number of rotatable bonds is 4. The fourth-order valence-electron chi connectivity index (χ4n) is 1.06. The van der Waals surface area contributed by atoms with Gasteiger partial charge in [0, 0.05) is 0 Å². The van der Waals surface area contributed by atoms with Crippen molar-refractivity contribution < 1.29 is 9.66 Å². The van der Waals surface area contributed by atoms with E-state index in [4.69, 9.17) is 16.3 Å². The molecule has 0 fully saturated rings. The Morgan fingerprint density at radius 3 is 2.62 bits per heavy atom. The standard InChI is InChI=1S/C9H12ClN3O3/c1-5(2)4-16-8-7(13(14)15)6(3)11-9(10)12-8/h5H,4H2,1-3H3. The summed E-state index contributed by atoms with van der Waals surface area (Å²) in [5, 5.41) is 10.7. The third-order valence-electron chi connectivity index (χ3n) is 1.74. The number of ether oxygens (including phenoxy) is 1. The molecule has 0 aliphatic rings. The molecule has 0 N–H and O–H groups in total. The predicted octanol–water partition coefficient (Wildman–Crippen LogP) is 2.38. The van der Waals surface area contributed by atoms with Crippen LogP contribution in [0, 0.1) is 23.0 Å². The van der Waals surface area contributed by atoms with Gasteiger partial charge in [-0.15, -0.1) is 0 Å². The second-order valence-corrected chi connectivity index (χ2v) is 4.03. The molecule has 0 aliphatic heterocycles. The van der Waals surface area contributed by atoms with Crippen LogP contribution in [-0.2, 0) is 0 Å². The Morgan fingerprint density at radius 1 is 1.50 bits per heavy atom. The maximum atomic E-state index is 10.8. The van der Waals surface area contributed by atoms with E-state index in [1.54, 1.807) is 0 Å². The Bertz CT molecular complexity index is 409. The van der Waals surface area contributed by atoms with Crippen LogP contribution in [0.5, 0.6) is 5.88 Å². The van der Waals surface area contributed by atoms with E-state index in [1.165, 1.54) is 6.92 Å². The first kappa shape index (κ1) is 12.6. The molecule has 0 atom stereocenters. The van der Waals surface area contributed by atoms with E-state index in [2.05, 4.69) is 9.97 Å². The lowest BCUT2D eigenvalue weighted by atomic mass is 10.2. The number of aromatic nitrogens is 2. The van der Waals surface area contributed by atoms with Crippen LogP contribution in [0.4, 0.5) is 5.69 Å². The van der Waals surface area contributed by atoms with Crippen molar-refractivity contribution in [1.82, 2.24) is 9.97 Å². The van der Waals surface area contributed by atoms with E-state index < -0.39 is 4.92 Å².